The maximum Gasteiger partial charge on any atom is 0.118 e. The lowest BCUT2D eigenvalue weighted by molar-refractivity contribution is 0.162. The van der Waals surface area contributed by atoms with Crippen LogP contribution in [-0.2, 0) is 6.42 Å². The summed E-state index contributed by atoms with van der Waals surface area (Å²) in [4.78, 5) is 0. The molecule has 2 aliphatic rings. The van der Waals surface area contributed by atoms with Gasteiger partial charge in [-0.2, -0.15) is 0 Å². The third-order valence-electron chi connectivity index (χ3n) is 4.50. The Balaban J connectivity index is 1.57. The molecular weight excluding hydrogens is 224 g/mol. The Labute approximate surface area is 108 Å². The molecule has 3 atom stereocenters. The molecule has 2 aliphatic carbocycles. The number of benzene rings is 1. The maximum absolute atomic E-state index is 10.4. The van der Waals surface area contributed by atoms with E-state index in [4.69, 9.17) is 4.74 Å². The second-order valence-corrected chi connectivity index (χ2v) is 5.47. The monoisotopic (exact) mass is 244 g/mol. The Kier molecular flexibility index (Phi) is 2.90. The molecule has 1 N–H and O–H groups in total. The molecule has 0 bridgehead atoms. The molecule has 2 heteroatoms. The Bertz CT molecular complexity index is 449. The molecule has 0 saturated heterocycles. The van der Waals surface area contributed by atoms with Gasteiger partial charge in [-0.25, -0.2) is 0 Å². The number of hydrogen-bond donors (Lipinski definition) is 1. The van der Waals surface area contributed by atoms with Crippen LogP contribution >= 0.6 is 0 Å². The van der Waals surface area contributed by atoms with Crippen LogP contribution in [0, 0.1) is 11.8 Å². The van der Waals surface area contributed by atoms with Crippen LogP contribution in [0.5, 0.6) is 5.75 Å². The van der Waals surface area contributed by atoms with E-state index in [-0.39, 0.29) is 0 Å². The van der Waals surface area contributed by atoms with Crippen molar-refractivity contribution in [2.75, 3.05) is 7.11 Å². The summed E-state index contributed by atoms with van der Waals surface area (Å²) < 4.78 is 5.15. The first-order chi connectivity index (χ1) is 8.74. The fourth-order valence-electron chi connectivity index (χ4n) is 3.32. The van der Waals surface area contributed by atoms with Crippen LogP contribution in [0.4, 0.5) is 0 Å². The van der Waals surface area contributed by atoms with Crippen LogP contribution in [-0.4, -0.2) is 17.8 Å². The van der Waals surface area contributed by atoms with Crippen LogP contribution in [0.25, 0.3) is 0 Å². The van der Waals surface area contributed by atoms with Crippen molar-refractivity contribution in [2.45, 2.75) is 31.3 Å². The molecule has 0 aliphatic heterocycles. The van der Waals surface area contributed by atoms with Crippen LogP contribution in [0.2, 0.25) is 0 Å². The summed E-state index contributed by atoms with van der Waals surface area (Å²) >= 11 is 0. The molecular formula is C16H20O2. The lowest BCUT2D eigenvalue weighted by Crippen LogP contribution is -2.11. The number of ether oxygens (including phenoxy) is 1. The van der Waals surface area contributed by atoms with Crippen LogP contribution in [0.15, 0.2) is 36.4 Å². The van der Waals surface area contributed by atoms with E-state index in [0.29, 0.717) is 11.8 Å². The zero-order valence-electron chi connectivity index (χ0n) is 10.8. The van der Waals surface area contributed by atoms with E-state index in [1.165, 1.54) is 5.56 Å². The minimum absolute atomic E-state index is 0.468. The molecule has 3 rings (SSSR count). The van der Waals surface area contributed by atoms with E-state index in [2.05, 4.69) is 18.2 Å². The largest absolute Gasteiger partial charge is 0.497 e. The summed E-state index contributed by atoms with van der Waals surface area (Å²) in [6.07, 6.45) is 8.56. The van der Waals surface area contributed by atoms with E-state index in [9.17, 15) is 5.11 Å². The number of allylic oxidation sites excluding steroid dienone is 1. The lowest BCUT2D eigenvalue weighted by atomic mass is 10.1. The SMILES string of the molecule is COc1ccc(CCC2C3CCC=CC32O)cc1. The number of methoxy groups -OCH3 is 1. The first-order valence-corrected chi connectivity index (χ1v) is 6.77. The van der Waals surface area contributed by atoms with Crippen molar-refractivity contribution in [3.8, 4) is 5.75 Å². The van der Waals surface area contributed by atoms with Crippen molar-refractivity contribution in [3.63, 3.8) is 0 Å². The molecule has 0 radical (unpaired) electrons. The van der Waals surface area contributed by atoms with Gasteiger partial charge in [-0.1, -0.05) is 24.3 Å². The van der Waals surface area contributed by atoms with Crippen LogP contribution < -0.4 is 4.74 Å². The van der Waals surface area contributed by atoms with Gasteiger partial charge in [-0.3, -0.25) is 0 Å². The second kappa shape index (κ2) is 4.43. The Morgan fingerprint density at radius 2 is 2.11 bits per heavy atom. The quantitative estimate of drug-likeness (QED) is 0.825. The van der Waals surface area contributed by atoms with E-state index in [1.807, 2.05) is 18.2 Å². The summed E-state index contributed by atoms with van der Waals surface area (Å²) in [6.45, 7) is 0. The van der Waals surface area contributed by atoms with Crippen LogP contribution in [0.3, 0.4) is 0 Å². The molecule has 0 heterocycles. The minimum atomic E-state index is -0.468. The highest BCUT2D eigenvalue weighted by Gasteiger charge is 2.61. The molecule has 0 aromatic heterocycles. The van der Waals surface area contributed by atoms with Crippen molar-refractivity contribution >= 4 is 0 Å². The van der Waals surface area contributed by atoms with Gasteiger partial charge >= 0.3 is 0 Å². The summed E-state index contributed by atoms with van der Waals surface area (Å²) in [5.41, 5.74) is 0.858. The third-order valence-corrected chi connectivity index (χ3v) is 4.50. The Morgan fingerprint density at radius 3 is 2.72 bits per heavy atom. The first-order valence-electron chi connectivity index (χ1n) is 6.77. The third kappa shape index (κ3) is 1.95. The highest BCUT2D eigenvalue weighted by molar-refractivity contribution is 5.29. The van der Waals surface area contributed by atoms with Gasteiger partial charge in [-0.05, 0) is 55.2 Å². The number of rotatable bonds is 4. The Morgan fingerprint density at radius 1 is 1.33 bits per heavy atom. The molecule has 3 unspecified atom stereocenters. The molecule has 96 valence electrons. The standard InChI is InChI=1S/C16H20O2/c1-18-13-8-5-12(6-9-13)7-10-15-14-4-2-3-11-16(14,15)17/h3,5-6,8-9,11,14-15,17H,2,4,7,10H2,1H3. The maximum atomic E-state index is 10.4. The average Bonchev–Trinajstić information content (AvgIpc) is 3.01. The van der Waals surface area contributed by atoms with E-state index in [1.54, 1.807) is 7.11 Å². The Hall–Kier alpha value is -1.28. The van der Waals surface area contributed by atoms with Gasteiger partial charge in [0.1, 0.15) is 5.75 Å². The minimum Gasteiger partial charge on any atom is -0.497 e. The molecule has 0 spiro atoms. The molecule has 0 amide bonds. The van der Waals surface area contributed by atoms with Crippen molar-refractivity contribution in [2.24, 2.45) is 11.8 Å². The molecule has 1 aromatic carbocycles. The van der Waals surface area contributed by atoms with Gasteiger partial charge in [-0.15, -0.1) is 0 Å². The summed E-state index contributed by atoms with van der Waals surface area (Å²) in [5, 5.41) is 10.4. The van der Waals surface area contributed by atoms with Crippen molar-refractivity contribution in [1.82, 2.24) is 0 Å². The van der Waals surface area contributed by atoms with Gasteiger partial charge in [0.2, 0.25) is 0 Å². The number of aliphatic hydroxyl groups is 1. The summed E-state index contributed by atoms with van der Waals surface area (Å²) in [5.74, 6) is 1.89. The zero-order chi connectivity index (χ0) is 12.6. The van der Waals surface area contributed by atoms with Crippen molar-refractivity contribution < 1.29 is 9.84 Å². The smallest absolute Gasteiger partial charge is 0.118 e. The van der Waals surface area contributed by atoms with Gasteiger partial charge in [0.05, 0.1) is 12.7 Å². The fraction of sp³-hybridized carbons (Fsp3) is 0.500. The molecule has 1 aromatic rings. The van der Waals surface area contributed by atoms with E-state index >= 15 is 0 Å². The predicted octanol–water partition coefficient (Wildman–Crippen LogP) is 2.95. The topological polar surface area (TPSA) is 29.5 Å². The summed E-state index contributed by atoms with van der Waals surface area (Å²) in [7, 11) is 1.69. The van der Waals surface area contributed by atoms with Gasteiger partial charge in [0, 0.05) is 0 Å². The van der Waals surface area contributed by atoms with E-state index in [0.717, 1.165) is 31.4 Å². The molecule has 18 heavy (non-hydrogen) atoms. The molecule has 1 saturated carbocycles. The lowest BCUT2D eigenvalue weighted by Gasteiger charge is -2.08. The number of fused-ring (bicyclic) bond motifs is 1. The normalized spacial score (nSPS) is 33.0. The number of aryl methyl sites for hydroxylation is 1. The van der Waals surface area contributed by atoms with Crippen molar-refractivity contribution in [1.29, 1.82) is 0 Å². The fourth-order valence-corrected chi connectivity index (χ4v) is 3.32. The molecule has 2 nitrogen and oxygen atoms in total. The van der Waals surface area contributed by atoms with Gasteiger partial charge in [0.15, 0.2) is 0 Å². The van der Waals surface area contributed by atoms with Crippen LogP contribution in [0.1, 0.15) is 24.8 Å². The number of hydrogen-bond acceptors (Lipinski definition) is 2. The zero-order valence-corrected chi connectivity index (χ0v) is 10.8. The van der Waals surface area contributed by atoms with E-state index < -0.39 is 5.60 Å². The average molecular weight is 244 g/mol. The second-order valence-electron chi connectivity index (χ2n) is 5.47. The predicted molar refractivity (Wildman–Crippen MR) is 71.6 cm³/mol. The molecule has 1 fully saturated rings. The highest BCUT2D eigenvalue weighted by Crippen LogP contribution is 2.58. The highest BCUT2D eigenvalue weighted by atomic mass is 16.5. The first kappa shape index (κ1) is 11.8. The summed E-state index contributed by atoms with van der Waals surface area (Å²) in [6, 6.07) is 8.24. The van der Waals surface area contributed by atoms with Gasteiger partial charge in [0.25, 0.3) is 0 Å². The van der Waals surface area contributed by atoms with Crippen molar-refractivity contribution in [3.05, 3.63) is 42.0 Å². The van der Waals surface area contributed by atoms with Gasteiger partial charge < -0.3 is 9.84 Å².